The SMILES string of the molecule is CSc1cccc(-c2nnc(NC(=O)c3cccc(Cl)c3)o2)c1. The topological polar surface area (TPSA) is 68.0 Å². The molecular weight excluding hydrogens is 334 g/mol. The quantitative estimate of drug-likeness (QED) is 0.711. The van der Waals surface area contributed by atoms with E-state index in [4.69, 9.17) is 16.0 Å². The van der Waals surface area contributed by atoms with Crippen LogP contribution in [0, 0.1) is 0 Å². The van der Waals surface area contributed by atoms with Crippen LogP contribution in [0.3, 0.4) is 0 Å². The molecule has 0 fully saturated rings. The Morgan fingerprint density at radius 3 is 2.78 bits per heavy atom. The van der Waals surface area contributed by atoms with E-state index in [0.717, 1.165) is 10.5 Å². The van der Waals surface area contributed by atoms with E-state index in [2.05, 4.69) is 15.5 Å². The number of hydrogen-bond donors (Lipinski definition) is 1. The Bertz CT molecular complexity index is 851. The van der Waals surface area contributed by atoms with Crippen LogP contribution in [0.4, 0.5) is 6.01 Å². The van der Waals surface area contributed by atoms with Gasteiger partial charge in [-0.1, -0.05) is 28.8 Å². The third kappa shape index (κ3) is 3.72. The molecule has 3 rings (SSSR count). The minimum absolute atomic E-state index is 0.0412. The molecule has 2 aromatic carbocycles. The average molecular weight is 346 g/mol. The number of aromatic nitrogens is 2. The van der Waals surface area contributed by atoms with Crippen LogP contribution in [0.25, 0.3) is 11.5 Å². The van der Waals surface area contributed by atoms with Crippen molar-refractivity contribution >= 4 is 35.3 Å². The molecule has 0 atom stereocenters. The Labute approximate surface area is 142 Å². The van der Waals surface area contributed by atoms with Gasteiger partial charge in [0.1, 0.15) is 0 Å². The molecule has 0 radical (unpaired) electrons. The maximum Gasteiger partial charge on any atom is 0.322 e. The molecule has 0 unspecified atom stereocenters. The van der Waals surface area contributed by atoms with Crippen LogP contribution < -0.4 is 5.32 Å². The number of nitrogens with one attached hydrogen (secondary N) is 1. The molecule has 1 heterocycles. The number of nitrogens with zero attached hydrogens (tertiary/aromatic N) is 2. The first-order chi connectivity index (χ1) is 11.2. The van der Waals surface area contributed by atoms with Gasteiger partial charge in [-0.2, -0.15) is 0 Å². The van der Waals surface area contributed by atoms with Gasteiger partial charge in [0.15, 0.2) is 0 Å². The predicted octanol–water partition coefficient (Wildman–Crippen LogP) is 4.36. The van der Waals surface area contributed by atoms with E-state index in [9.17, 15) is 4.79 Å². The van der Waals surface area contributed by atoms with Crippen LogP contribution in [0.15, 0.2) is 57.8 Å². The van der Waals surface area contributed by atoms with Gasteiger partial charge in [0.05, 0.1) is 0 Å². The number of hydrogen-bond acceptors (Lipinski definition) is 5. The van der Waals surface area contributed by atoms with E-state index in [1.54, 1.807) is 36.0 Å². The smallest absolute Gasteiger partial charge is 0.322 e. The van der Waals surface area contributed by atoms with Gasteiger partial charge >= 0.3 is 6.01 Å². The zero-order valence-electron chi connectivity index (χ0n) is 12.1. The predicted molar refractivity (Wildman–Crippen MR) is 90.9 cm³/mol. The highest BCUT2D eigenvalue weighted by atomic mass is 35.5. The highest BCUT2D eigenvalue weighted by molar-refractivity contribution is 7.98. The molecule has 0 saturated carbocycles. The molecule has 116 valence electrons. The minimum atomic E-state index is -0.361. The molecule has 0 aliphatic carbocycles. The summed E-state index contributed by atoms with van der Waals surface area (Å²) in [5.74, 6) is -0.0112. The summed E-state index contributed by atoms with van der Waals surface area (Å²) in [4.78, 5) is 13.2. The third-order valence-electron chi connectivity index (χ3n) is 3.05. The van der Waals surface area contributed by atoms with Crippen molar-refractivity contribution < 1.29 is 9.21 Å². The van der Waals surface area contributed by atoms with Gasteiger partial charge in [-0.25, -0.2) is 0 Å². The van der Waals surface area contributed by atoms with E-state index in [1.807, 2.05) is 30.5 Å². The number of amides is 1. The highest BCUT2D eigenvalue weighted by Crippen LogP contribution is 2.24. The van der Waals surface area contributed by atoms with Crippen LogP contribution in [0.5, 0.6) is 0 Å². The molecule has 3 aromatic rings. The molecule has 1 N–H and O–H groups in total. The summed E-state index contributed by atoms with van der Waals surface area (Å²) < 4.78 is 5.50. The summed E-state index contributed by atoms with van der Waals surface area (Å²) in [6.45, 7) is 0. The van der Waals surface area contributed by atoms with Gasteiger partial charge in [-0.05, 0) is 42.7 Å². The first-order valence-corrected chi connectivity index (χ1v) is 8.31. The molecule has 7 heteroatoms. The number of halogens is 1. The Morgan fingerprint density at radius 2 is 2.00 bits per heavy atom. The molecule has 1 aromatic heterocycles. The van der Waals surface area contributed by atoms with Crippen LogP contribution in [-0.4, -0.2) is 22.4 Å². The Hall–Kier alpha value is -2.31. The number of benzene rings is 2. The lowest BCUT2D eigenvalue weighted by Crippen LogP contribution is -2.11. The Kier molecular flexibility index (Phi) is 4.64. The van der Waals surface area contributed by atoms with Crippen molar-refractivity contribution in [2.75, 3.05) is 11.6 Å². The van der Waals surface area contributed by atoms with Gasteiger partial charge in [0.25, 0.3) is 5.91 Å². The molecule has 1 amide bonds. The first-order valence-electron chi connectivity index (χ1n) is 6.70. The maximum absolute atomic E-state index is 12.1. The van der Waals surface area contributed by atoms with Crippen molar-refractivity contribution in [2.24, 2.45) is 0 Å². The van der Waals surface area contributed by atoms with E-state index in [-0.39, 0.29) is 11.9 Å². The second-order valence-corrected chi connectivity index (χ2v) is 5.92. The van der Waals surface area contributed by atoms with Crippen molar-refractivity contribution in [3.05, 3.63) is 59.1 Å². The number of anilines is 1. The van der Waals surface area contributed by atoms with Gasteiger partial charge in [0, 0.05) is 21.0 Å². The van der Waals surface area contributed by atoms with Crippen LogP contribution in [0.2, 0.25) is 5.02 Å². The molecule has 0 aliphatic heterocycles. The van der Waals surface area contributed by atoms with E-state index in [1.165, 1.54) is 0 Å². The lowest BCUT2D eigenvalue weighted by molar-refractivity contribution is 0.102. The lowest BCUT2D eigenvalue weighted by Gasteiger charge is -2.01. The fourth-order valence-corrected chi connectivity index (χ4v) is 2.60. The minimum Gasteiger partial charge on any atom is -0.403 e. The Balaban J connectivity index is 1.78. The average Bonchev–Trinajstić information content (AvgIpc) is 3.03. The molecule has 0 bridgehead atoms. The highest BCUT2D eigenvalue weighted by Gasteiger charge is 2.13. The van der Waals surface area contributed by atoms with Crippen LogP contribution >= 0.6 is 23.4 Å². The first kappa shape index (κ1) is 15.6. The fourth-order valence-electron chi connectivity index (χ4n) is 1.95. The number of rotatable bonds is 4. The van der Waals surface area contributed by atoms with Crippen molar-refractivity contribution in [1.82, 2.24) is 10.2 Å². The molecule has 0 saturated heterocycles. The maximum atomic E-state index is 12.1. The lowest BCUT2D eigenvalue weighted by atomic mass is 10.2. The summed E-state index contributed by atoms with van der Waals surface area (Å²) >= 11 is 7.49. The summed E-state index contributed by atoms with van der Waals surface area (Å²) in [5.41, 5.74) is 1.22. The van der Waals surface area contributed by atoms with E-state index >= 15 is 0 Å². The number of carbonyl (C=O) groups is 1. The monoisotopic (exact) mass is 345 g/mol. The van der Waals surface area contributed by atoms with Crippen LogP contribution in [0.1, 0.15) is 10.4 Å². The second kappa shape index (κ2) is 6.85. The summed E-state index contributed by atoms with van der Waals surface area (Å²) in [7, 11) is 0. The van der Waals surface area contributed by atoms with Crippen LogP contribution in [-0.2, 0) is 0 Å². The zero-order chi connectivity index (χ0) is 16.2. The molecule has 0 spiro atoms. The molecule has 23 heavy (non-hydrogen) atoms. The van der Waals surface area contributed by atoms with Gasteiger partial charge in [0.2, 0.25) is 5.89 Å². The summed E-state index contributed by atoms with van der Waals surface area (Å²) in [5, 5.41) is 10.9. The van der Waals surface area contributed by atoms with Crippen molar-refractivity contribution in [3.63, 3.8) is 0 Å². The molecule has 5 nitrogen and oxygen atoms in total. The van der Waals surface area contributed by atoms with Gasteiger partial charge in [-0.15, -0.1) is 16.9 Å². The van der Waals surface area contributed by atoms with Crippen molar-refractivity contribution in [3.8, 4) is 11.5 Å². The third-order valence-corrected chi connectivity index (χ3v) is 4.01. The zero-order valence-corrected chi connectivity index (χ0v) is 13.7. The Morgan fingerprint density at radius 1 is 1.17 bits per heavy atom. The summed E-state index contributed by atoms with van der Waals surface area (Å²) in [6.07, 6.45) is 1.99. The second-order valence-electron chi connectivity index (χ2n) is 4.61. The molecule has 0 aliphatic rings. The van der Waals surface area contributed by atoms with Crippen molar-refractivity contribution in [1.29, 1.82) is 0 Å². The van der Waals surface area contributed by atoms with Crippen molar-refractivity contribution in [2.45, 2.75) is 4.90 Å². The summed E-state index contributed by atoms with van der Waals surface area (Å²) in [6, 6.07) is 14.4. The van der Waals surface area contributed by atoms with E-state index in [0.29, 0.717) is 16.5 Å². The normalized spacial score (nSPS) is 10.5. The number of thioether (sulfide) groups is 1. The number of carbonyl (C=O) groups excluding carboxylic acids is 1. The largest absolute Gasteiger partial charge is 0.403 e. The molecular formula is C16H12ClN3O2S. The van der Waals surface area contributed by atoms with E-state index < -0.39 is 0 Å². The van der Waals surface area contributed by atoms with Gasteiger partial charge < -0.3 is 4.42 Å². The standard InChI is InChI=1S/C16H12ClN3O2S/c1-23-13-7-3-5-11(9-13)15-19-20-16(22-15)18-14(21)10-4-2-6-12(17)8-10/h2-9H,1H3,(H,18,20,21). The fraction of sp³-hybridized carbons (Fsp3) is 0.0625. The van der Waals surface area contributed by atoms with Gasteiger partial charge in [-0.3, -0.25) is 10.1 Å².